The summed E-state index contributed by atoms with van der Waals surface area (Å²) in [4.78, 5) is 11.0. The maximum atomic E-state index is 10.9. The second-order valence-electron chi connectivity index (χ2n) is 11.1. The molecule has 1 N–H and O–H groups in total. The van der Waals surface area contributed by atoms with E-state index in [1.165, 1.54) is 6.42 Å². The van der Waals surface area contributed by atoms with E-state index in [4.69, 9.17) is 19.2 Å². The Kier molecular flexibility index (Phi) is 5.97. The molecule has 3 aliphatic rings. The third kappa shape index (κ3) is 4.67. The van der Waals surface area contributed by atoms with Gasteiger partial charge in [0.05, 0.1) is 62.1 Å². The maximum absolute atomic E-state index is 10.9. The second-order valence-corrected chi connectivity index (χ2v) is 11.1. The largest absolute Gasteiger partial charge is 0.492 e. The first-order valence-electron chi connectivity index (χ1n) is 13.6. The molecular formula is C30H30N6O4. The van der Waals surface area contributed by atoms with Crippen molar-refractivity contribution in [1.82, 2.24) is 19.6 Å². The molecule has 40 heavy (non-hydrogen) atoms. The first-order chi connectivity index (χ1) is 19.5. The van der Waals surface area contributed by atoms with Crippen LogP contribution in [0.25, 0.3) is 16.6 Å². The number of methoxy groups -OCH3 is 1. The molecule has 1 aliphatic heterocycles. The molecule has 0 bridgehead atoms. The molecule has 0 amide bonds. The summed E-state index contributed by atoms with van der Waals surface area (Å²) < 4.78 is 18.9. The zero-order valence-corrected chi connectivity index (χ0v) is 22.2. The van der Waals surface area contributed by atoms with E-state index in [1.54, 1.807) is 36.3 Å². The molecule has 0 spiro atoms. The molecule has 1 saturated heterocycles. The molecule has 4 aromatic heterocycles. The van der Waals surface area contributed by atoms with Crippen LogP contribution in [0.3, 0.4) is 0 Å². The SMILES string of the molecule is COc1ccc(OC2CN(c3ccc(-c4cc(OCCC5(O)CC6CC6C5)cn5ncc(C#N)c45)cn3)C2)cn1. The van der Waals surface area contributed by atoms with E-state index in [0.717, 1.165) is 42.9 Å². The van der Waals surface area contributed by atoms with Gasteiger partial charge in [-0.05, 0) is 55.4 Å². The minimum absolute atomic E-state index is 0.0585. The zero-order chi connectivity index (χ0) is 27.3. The number of rotatable bonds is 9. The van der Waals surface area contributed by atoms with Crippen molar-refractivity contribution in [3.05, 3.63) is 60.7 Å². The number of anilines is 1. The normalized spacial score (nSPS) is 23.4. The fourth-order valence-corrected chi connectivity index (χ4v) is 6.09. The van der Waals surface area contributed by atoms with Crippen molar-refractivity contribution in [2.24, 2.45) is 11.8 Å². The van der Waals surface area contributed by atoms with Crippen LogP contribution in [-0.2, 0) is 0 Å². The van der Waals surface area contributed by atoms with Crippen molar-refractivity contribution in [3.63, 3.8) is 0 Å². The molecule has 2 unspecified atom stereocenters. The second kappa shape index (κ2) is 9.68. The summed E-state index contributed by atoms with van der Waals surface area (Å²) in [7, 11) is 1.58. The van der Waals surface area contributed by atoms with Crippen molar-refractivity contribution >= 4 is 11.3 Å². The quantitative estimate of drug-likeness (QED) is 0.339. The summed E-state index contributed by atoms with van der Waals surface area (Å²) in [6, 6.07) is 11.8. The molecule has 3 fully saturated rings. The van der Waals surface area contributed by atoms with Gasteiger partial charge in [0, 0.05) is 29.8 Å². The predicted molar refractivity (Wildman–Crippen MR) is 146 cm³/mol. The van der Waals surface area contributed by atoms with Gasteiger partial charge in [0.15, 0.2) is 0 Å². The molecule has 10 nitrogen and oxygen atoms in total. The lowest BCUT2D eigenvalue weighted by molar-refractivity contribution is 0.0142. The fourth-order valence-electron chi connectivity index (χ4n) is 6.09. The van der Waals surface area contributed by atoms with Crippen molar-refractivity contribution in [1.29, 1.82) is 5.26 Å². The smallest absolute Gasteiger partial charge is 0.213 e. The first-order valence-corrected chi connectivity index (χ1v) is 13.6. The topological polar surface area (TPSA) is 118 Å². The summed E-state index contributed by atoms with van der Waals surface area (Å²) >= 11 is 0. The molecule has 0 radical (unpaired) electrons. The van der Waals surface area contributed by atoms with Crippen LogP contribution in [0, 0.1) is 23.2 Å². The van der Waals surface area contributed by atoms with Gasteiger partial charge in [-0.1, -0.05) is 0 Å². The van der Waals surface area contributed by atoms with Crippen LogP contribution in [-0.4, -0.2) is 63.2 Å². The minimum Gasteiger partial charge on any atom is -0.492 e. The van der Waals surface area contributed by atoms with Crippen LogP contribution in [0.2, 0.25) is 0 Å². The van der Waals surface area contributed by atoms with Crippen molar-refractivity contribution in [3.8, 4) is 34.6 Å². The van der Waals surface area contributed by atoms with E-state index in [9.17, 15) is 10.4 Å². The summed E-state index contributed by atoms with van der Waals surface area (Å²) in [5.74, 6) is 4.18. The van der Waals surface area contributed by atoms with Gasteiger partial charge in [0.25, 0.3) is 0 Å². The first kappa shape index (κ1) is 24.7. The van der Waals surface area contributed by atoms with Crippen LogP contribution >= 0.6 is 0 Å². The van der Waals surface area contributed by atoms with E-state index >= 15 is 0 Å². The van der Waals surface area contributed by atoms with Crippen LogP contribution in [0.1, 0.15) is 31.2 Å². The monoisotopic (exact) mass is 538 g/mol. The molecule has 204 valence electrons. The van der Waals surface area contributed by atoms with Gasteiger partial charge < -0.3 is 24.2 Å². The number of aromatic nitrogens is 4. The summed E-state index contributed by atoms with van der Waals surface area (Å²) in [6.07, 6.45) is 10.5. The van der Waals surface area contributed by atoms with E-state index in [2.05, 4.69) is 21.1 Å². The number of hydrogen-bond donors (Lipinski definition) is 1. The van der Waals surface area contributed by atoms with Crippen molar-refractivity contribution < 1.29 is 19.3 Å². The third-order valence-electron chi connectivity index (χ3n) is 8.35. The van der Waals surface area contributed by atoms with Crippen molar-refractivity contribution in [2.75, 3.05) is 31.7 Å². The Morgan fingerprint density at radius 3 is 2.62 bits per heavy atom. The van der Waals surface area contributed by atoms with Gasteiger partial charge >= 0.3 is 0 Å². The summed E-state index contributed by atoms with van der Waals surface area (Å²) in [5, 5.41) is 24.9. The molecule has 2 saturated carbocycles. The number of pyridine rings is 3. The van der Waals surface area contributed by atoms with Crippen molar-refractivity contribution in [2.45, 2.75) is 37.4 Å². The van der Waals surface area contributed by atoms with Gasteiger partial charge in [-0.2, -0.15) is 10.4 Å². The highest BCUT2D eigenvalue weighted by molar-refractivity contribution is 5.85. The number of nitriles is 1. The molecule has 4 aromatic rings. The molecule has 10 heteroatoms. The van der Waals surface area contributed by atoms with E-state index in [0.29, 0.717) is 53.3 Å². The van der Waals surface area contributed by atoms with E-state index < -0.39 is 5.60 Å². The van der Waals surface area contributed by atoms with Gasteiger partial charge in [-0.15, -0.1) is 0 Å². The van der Waals surface area contributed by atoms with Gasteiger partial charge in [0.1, 0.15) is 29.5 Å². The Hall–Kier alpha value is -4.36. The highest BCUT2D eigenvalue weighted by Gasteiger charge is 2.52. The van der Waals surface area contributed by atoms with Gasteiger partial charge in [-0.25, -0.2) is 14.5 Å². The Balaban J connectivity index is 1.04. The number of hydrogen-bond acceptors (Lipinski definition) is 9. The van der Waals surface area contributed by atoms with Crippen LogP contribution < -0.4 is 19.1 Å². The van der Waals surface area contributed by atoms with Gasteiger partial charge in [-0.3, -0.25) is 0 Å². The molecule has 2 aliphatic carbocycles. The molecule has 0 aromatic carbocycles. The average molecular weight is 539 g/mol. The van der Waals surface area contributed by atoms with Crippen LogP contribution in [0.15, 0.2) is 55.1 Å². The molecular weight excluding hydrogens is 508 g/mol. The lowest BCUT2D eigenvalue weighted by Crippen LogP contribution is -2.54. The zero-order valence-electron chi connectivity index (χ0n) is 22.2. The predicted octanol–water partition coefficient (Wildman–Crippen LogP) is 3.87. The van der Waals surface area contributed by atoms with E-state index in [-0.39, 0.29) is 6.10 Å². The number of ether oxygens (including phenoxy) is 3. The Bertz CT molecular complexity index is 1560. The standard InChI is InChI=1S/C30H30N6O4/c1-38-28-5-3-23(15-33-28)40-25-16-35(17-25)27-4-2-19(13-32-27)26-9-24(18-36-29(26)22(12-31)14-34-36)39-7-6-30(37)10-20-8-21(20)11-30/h2-5,9,13-15,18,20-21,25,37H,6-8,10-11,16-17H2,1H3. The Labute approximate surface area is 231 Å². The summed E-state index contributed by atoms with van der Waals surface area (Å²) in [6.45, 7) is 1.87. The van der Waals surface area contributed by atoms with E-state index in [1.807, 2.05) is 30.5 Å². The maximum Gasteiger partial charge on any atom is 0.213 e. The van der Waals surface area contributed by atoms with Crippen LogP contribution in [0.5, 0.6) is 17.4 Å². The Morgan fingerprint density at radius 1 is 1.07 bits per heavy atom. The van der Waals surface area contributed by atoms with Crippen LogP contribution in [0.4, 0.5) is 5.82 Å². The fraction of sp³-hybridized carbons (Fsp3) is 0.400. The number of aliphatic hydroxyl groups is 1. The lowest BCUT2D eigenvalue weighted by atomic mass is 9.94. The third-order valence-corrected chi connectivity index (χ3v) is 8.35. The number of nitrogens with zero attached hydrogens (tertiary/aromatic N) is 6. The average Bonchev–Trinajstić information content (AvgIpc) is 3.36. The molecule has 5 heterocycles. The highest BCUT2D eigenvalue weighted by Crippen LogP contribution is 2.56. The lowest BCUT2D eigenvalue weighted by Gasteiger charge is -2.39. The highest BCUT2D eigenvalue weighted by atomic mass is 16.5. The minimum atomic E-state index is -0.605. The number of fused-ring (bicyclic) bond motifs is 2. The van der Waals surface area contributed by atoms with Gasteiger partial charge in [0.2, 0.25) is 5.88 Å². The Morgan fingerprint density at radius 2 is 1.93 bits per heavy atom. The molecule has 2 atom stereocenters. The molecule has 7 rings (SSSR count). The summed E-state index contributed by atoms with van der Waals surface area (Å²) in [5.41, 5.74) is 2.28.